The average Bonchev–Trinajstić information content (AvgIpc) is 3.09. The van der Waals surface area contributed by atoms with Crippen molar-refractivity contribution in [1.82, 2.24) is 14.7 Å². The Morgan fingerprint density at radius 3 is 2.92 bits per heavy atom. The molecule has 0 saturated carbocycles. The number of hydrogen-bond donors (Lipinski definition) is 0. The van der Waals surface area contributed by atoms with E-state index in [1.165, 1.54) is 17.5 Å². The van der Waals surface area contributed by atoms with Crippen molar-refractivity contribution in [2.45, 2.75) is 52.5 Å². The zero-order valence-electron chi connectivity index (χ0n) is 15.4. The molecular formula is C21H29N3O. The van der Waals surface area contributed by atoms with Gasteiger partial charge in [0.25, 0.3) is 5.91 Å². The first kappa shape index (κ1) is 17.7. The molecule has 3 rings (SSSR count). The number of likely N-dealkylation sites (tertiary alicyclic amines) is 1. The molecule has 1 aromatic heterocycles. The van der Waals surface area contributed by atoms with Gasteiger partial charge in [0, 0.05) is 25.8 Å². The Hall–Kier alpha value is -2.10. The molecule has 0 aliphatic carbocycles. The monoisotopic (exact) mass is 339 g/mol. The summed E-state index contributed by atoms with van der Waals surface area (Å²) in [5.74, 6) is 0.742. The van der Waals surface area contributed by atoms with Crippen LogP contribution in [-0.4, -0.2) is 33.7 Å². The molecule has 1 atom stereocenters. The highest BCUT2D eigenvalue weighted by Gasteiger charge is 2.26. The molecule has 4 nitrogen and oxygen atoms in total. The molecule has 2 heterocycles. The summed E-state index contributed by atoms with van der Waals surface area (Å²) < 4.78 is 1.85. The Morgan fingerprint density at radius 2 is 2.12 bits per heavy atom. The van der Waals surface area contributed by atoms with E-state index in [1.807, 2.05) is 15.6 Å². The third-order valence-corrected chi connectivity index (χ3v) is 5.26. The van der Waals surface area contributed by atoms with Crippen LogP contribution in [0, 0.1) is 12.8 Å². The van der Waals surface area contributed by atoms with Gasteiger partial charge in [0.2, 0.25) is 0 Å². The van der Waals surface area contributed by atoms with E-state index in [4.69, 9.17) is 0 Å². The molecule has 0 bridgehead atoms. The topological polar surface area (TPSA) is 38.1 Å². The molecule has 134 valence electrons. The molecule has 0 radical (unpaired) electrons. The van der Waals surface area contributed by atoms with Gasteiger partial charge in [0.15, 0.2) is 0 Å². The highest BCUT2D eigenvalue weighted by atomic mass is 16.2. The van der Waals surface area contributed by atoms with Gasteiger partial charge >= 0.3 is 0 Å². The molecule has 1 unspecified atom stereocenters. The predicted molar refractivity (Wildman–Crippen MR) is 101 cm³/mol. The summed E-state index contributed by atoms with van der Waals surface area (Å²) in [5, 5.41) is 4.30. The van der Waals surface area contributed by atoms with Gasteiger partial charge in [-0.05, 0) is 62.1 Å². The van der Waals surface area contributed by atoms with E-state index >= 15 is 0 Å². The quantitative estimate of drug-likeness (QED) is 0.795. The normalized spacial score (nSPS) is 17.7. The van der Waals surface area contributed by atoms with Gasteiger partial charge in [-0.15, -0.1) is 0 Å². The highest BCUT2D eigenvalue weighted by molar-refractivity contribution is 5.92. The first-order valence-electron chi connectivity index (χ1n) is 9.54. The molecule has 4 heteroatoms. The van der Waals surface area contributed by atoms with Gasteiger partial charge in [-0.1, -0.05) is 31.2 Å². The fourth-order valence-electron chi connectivity index (χ4n) is 3.80. The first-order chi connectivity index (χ1) is 12.2. The van der Waals surface area contributed by atoms with Crippen molar-refractivity contribution in [3.8, 4) is 0 Å². The molecule has 1 amide bonds. The van der Waals surface area contributed by atoms with Crippen LogP contribution in [0.2, 0.25) is 0 Å². The summed E-state index contributed by atoms with van der Waals surface area (Å²) in [5.41, 5.74) is 3.54. The number of carbonyl (C=O) groups is 1. The molecule has 1 aromatic carbocycles. The highest BCUT2D eigenvalue weighted by Crippen LogP contribution is 2.23. The van der Waals surface area contributed by atoms with Crippen LogP contribution in [0.15, 0.2) is 36.5 Å². The molecule has 0 N–H and O–H groups in total. The molecular weight excluding hydrogens is 310 g/mol. The summed E-state index contributed by atoms with van der Waals surface area (Å²) in [6.07, 6.45) is 7.31. The summed E-state index contributed by atoms with van der Waals surface area (Å²) in [6.45, 7) is 6.84. The molecule has 0 spiro atoms. The fraction of sp³-hybridized carbons (Fsp3) is 0.524. The van der Waals surface area contributed by atoms with Crippen molar-refractivity contribution in [3.05, 3.63) is 53.3 Å². The third kappa shape index (κ3) is 4.30. The van der Waals surface area contributed by atoms with Gasteiger partial charge in [0.05, 0.1) is 0 Å². The molecule has 1 saturated heterocycles. The van der Waals surface area contributed by atoms with Crippen LogP contribution in [0.3, 0.4) is 0 Å². The Labute approximate surface area is 150 Å². The van der Waals surface area contributed by atoms with Crippen molar-refractivity contribution in [2.24, 2.45) is 5.92 Å². The van der Waals surface area contributed by atoms with E-state index in [9.17, 15) is 4.79 Å². The molecule has 1 aliphatic heterocycles. The zero-order chi connectivity index (χ0) is 17.6. The summed E-state index contributed by atoms with van der Waals surface area (Å²) >= 11 is 0. The number of aromatic nitrogens is 2. The fourth-order valence-corrected chi connectivity index (χ4v) is 3.80. The van der Waals surface area contributed by atoms with Crippen LogP contribution < -0.4 is 0 Å². The lowest BCUT2D eigenvalue weighted by atomic mass is 9.90. The van der Waals surface area contributed by atoms with Crippen LogP contribution in [0.5, 0.6) is 0 Å². The lowest BCUT2D eigenvalue weighted by Gasteiger charge is -2.33. The second-order valence-electron chi connectivity index (χ2n) is 7.16. The van der Waals surface area contributed by atoms with Crippen molar-refractivity contribution in [3.63, 3.8) is 0 Å². The number of benzene rings is 1. The van der Waals surface area contributed by atoms with Crippen molar-refractivity contribution < 1.29 is 4.79 Å². The number of amides is 1. The van der Waals surface area contributed by atoms with E-state index in [1.54, 1.807) is 6.20 Å². The average molecular weight is 339 g/mol. The van der Waals surface area contributed by atoms with E-state index < -0.39 is 0 Å². The maximum Gasteiger partial charge on any atom is 0.272 e. The van der Waals surface area contributed by atoms with Gasteiger partial charge in [-0.25, -0.2) is 0 Å². The van der Waals surface area contributed by atoms with Crippen molar-refractivity contribution >= 4 is 5.91 Å². The van der Waals surface area contributed by atoms with E-state index in [0.717, 1.165) is 51.0 Å². The molecule has 1 aliphatic rings. The summed E-state index contributed by atoms with van der Waals surface area (Å²) in [4.78, 5) is 14.9. The Balaban J connectivity index is 1.60. The zero-order valence-corrected chi connectivity index (χ0v) is 15.4. The minimum atomic E-state index is 0.145. The lowest BCUT2D eigenvalue weighted by Crippen LogP contribution is -2.41. The smallest absolute Gasteiger partial charge is 0.272 e. The maximum atomic E-state index is 12.9. The Morgan fingerprint density at radius 1 is 1.28 bits per heavy atom. The van der Waals surface area contributed by atoms with E-state index in [2.05, 4.69) is 43.2 Å². The number of piperidine rings is 1. The molecule has 1 fully saturated rings. The third-order valence-electron chi connectivity index (χ3n) is 5.26. The second kappa shape index (κ2) is 8.32. The number of nitrogens with zero attached hydrogens (tertiary/aromatic N) is 3. The van der Waals surface area contributed by atoms with Crippen molar-refractivity contribution in [1.29, 1.82) is 0 Å². The predicted octanol–water partition coefficient (Wildman–Crippen LogP) is 4.09. The number of carbonyl (C=O) groups excluding carboxylic acids is 1. The van der Waals surface area contributed by atoms with Crippen LogP contribution in [-0.2, 0) is 13.0 Å². The van der Waals surface area contributed by atoms with Gasteiger partial charge in [-0.3, -0.25) is 9.48 Å². The van der Waals surface area contributed by atoms with Gasteiger partial charge < -0.3 is 4.90 Å². The molecule has 2 aromatic rings. The van der Waals surface area contributed by atoms with Crippen LogP contribution >= 0.6 is 0 Å². The van der Waals surface area contributed by atoms with Crippen molar-refractivity contribution in [2.75, 3.05) is 13.1 Å². The molecule has 25 heavy (non-hydrogen) atoms. The van der Waals surface area contributed by atoms with Crippen LogP contribution in [0.1, 0.15) is 54.2 Å². The number of rotatable bonds is 6. The number of hydrogen-bond acceptors (Lipinski definition) is 2. The van der Waals surface area contributed by atoms with E-state index in [0.29, 0.717) is 5.92 Å². The minimum Gasteiger partial charge on any atom is -0.337 e. The largest absolute Gasteiger partial charge is 0.337 e. The lowest BCUT2D eigenvalue weighted by molar-refractivity contribution is 0.0655. The van der Waals surface area contributed by atoms with Crippen LogP contribution in [0.4, 0.5) is 0 Å². The summed E-state index contributed by atoms with van der Waals surface area (Å²) in [7, 11) is 0. The Bertz CT molecular complexity index is 707. The van der Waals surface area contributed by atoms with E-state index in [-0.39, 0.29) is 5.91 Å². The van der Waals surface area contributed by atoms with Gasteiger partial charge in [0.1, 0.15) is 5.69 Å². The summed E-state index contributed by atoms with van der Waals surface area (Å²) in [6, 6.07) is 10.5. The minimum absolute atomic E-state index is 0.145. The Kier molecular flexibility index (Phi) is 5.90. The maximum absolute atomic E-state index is 12.9. The van der Waals surface area contributed by atoms with Crippen LogP contribution in [0.25, 0.3) is 0 Å². The second-order valence-corrected chi connectivity index (χ2v) is 7.16. The number of aryl methyl sites for hydroxylation is 3. The SMILES string of the molecule is CCCn1nccc1C(=O)N1CCCC(CCc2ccccc2C)C1. The first-order valence-corrected chi connectivity index (χ1v) is 9.54. The standard InChI is InChI=1S/C21H29N3O/c1-3-14-24-20(12-13-22-24)21(25)23-15-6-8-18(16-23)10-11-19-9-5-4-7-17(19)2/h4-5,7,9,12-13,18H,3,6,8,10-11,14-16H2,1-2H3. The van der Waals surface area contributed by atoms with Gasteiger partial charge in [-0.2, -0.15) is 5.10 Å².